The molecule has 0 atom stereocenters. The van der Waals surface area contributed by atoms with Gasteiger partial charge in [0.2, 0.25) is 0 Å². The van der Waals surface area contributed by atoms with Gasteiger partial charge in [-0.3, -0.25) is 4.40 Å². The van der Waals surface area contributed by atoms with E-state index in [0.717, 1.165) is 11.3 Å². The first-order valence-corrected chi connectivity index (χ1v) is 7.27. The van der Waals surface area contributed by atoms with E-state index < -0.39 is 0 Å². The first-order valence-electron chi connectivity index (χ1n) is 6.89. The maximum absolute atomic E-state index is 13.2. The Bertz CT molecular complexity index is 854. The number of pyridine rings is 1. The zero-order valence-electron chi connectivity index (χ0n) is 12.2. The van der Waals surface area contributed by atoms with E-state index >= 15 is 0 Å². The Hall–Kier alpha value is -2.27. The molecular formula is C16H14ClFN4. The molecule has 0 amide bonds. The molecule has 2 heterocycles. The number of benzene rings is 1. The van der Waals surface area contributed by atoms with Crippen LogP contribution in [0.25, 0.3) is 5.65 Å². The maximum Gasteiger partial charge on any atom is 0.183 e. The predicted octanol–water partition coefficient (Wildman–Crippen LogP) is 5.67. The zero-order chi connectivity index (χ0) is 15.7. The van der Waals surface area contributed by atoms with Gasteiger partial charge in [0.05, 0.1) is 16.4 Å². The van der Waals surface area contributed by atoms with Crippen molar-refractivity contribution in [2.24, 2.45) is 10.2 Å². The number of nitrogens with zero attached hydrogens (tertiary/aromatic N) is 4. The van der Waals surface area contributed by atoms with Gasteiger partial charge in [0.15, 0.2) is 5.82 Å². The molecule has 6 heteroatoms. The number of aromatic nitrogens is 2. The van der Waals surface area contributed by atoms with Gasteiger partial charge in [-0.05, 0) is 30.2 Å². The highest BCUT2D eigenvalue weighted by atomic mass is 35.5. The number of fused-ring (bicyclic) bond motifs is 1. The van der Waals surface area contributed by atoms with Crippen molar-refractivity contribution < 1.29 is 4.39 Å². The third kappa shape index (κ3) is 2.85. The lowest BCUT2D eigenvalue weighted by atomic mass is 10.1. The highest BCUT2D eigenvalue weighted by molar-refractivity contribution is 6.30. The van der Waals surface area contributed by atoms with Gasteiger partial charge in [0.1, 0.15) is 11.5 Å². The molecule has 0 bridgehead atoms. The van der Waals surface area contributed by atoms with Crippen molar-refractivity contribution in [2.75, 3.05) is 0 Å². The number of imidazole rings is 1. The van der Waals surface area contributed by atoms with Gasteiger partial charge in [-0.2, -0.15) is 0 Å². The molecule has 4 nitrogen and oxygen atoms in total. The topological polar surface area (TPSA) is 42.0 Å². The molecule has 112 valence electrons. The van der Waals surface area contributed by atoms with Gasteiger partial charge in [-0.1, -0.05) is 31.5 Å². The quantitative estimate of drug-likeness (QED) is 0.574. The van der Waals surface area contributed by atoms with E-state index in [4.69, 9.17) is 11.6 Å². The average molecular weight is 317 g/mol. The Morgan fingerprint density at radius 2 is 2.00 bits per heavy atom. The maximum atomic E-state index is 13.2. The Kier molecular flexibility index (Phi) is 3.90. The van der Waals surface area contributed by atoms with Crippen LogP contribution in [0.5, 0.6) is 0 Å². The van der Waals surface area contributed by atoms with Crippen LogP contribution in [0.3, 0.4) is 0 Å². The number of azo groups is 1. The lowest BCUT2D eigenvalue weighted by Gasteiger charge is -2.01. The summed E-state index contributed by atoms with van der Waals surface area (Å²) in [7, 11) is 0. The molecule has 0 unspecified atom stereocenters. The Morgan fingerprint density at radius 1 is 1.18 bits per heavy atom. The SMILES string of the molecule is CC(C)c1nc2ccc(Cl)cn2c1N=Nc1cccc(F)c1. The summed E-state index contributed by atoms with van der Waals surface area (Å²) in [6.07, 6.45) is 1.75. The third-order valence-electron chi connectivity index (χ3n) is 3.20. The van der Waals surface area contributed by atoms with Crippen LogP contribution in [0, 0.1) is 5.82 Å². The summed E-state index contributed by atoms with van der Waals surface area (Å²) in [6, 6.07) is 9.59. The molecule has 3 aromatic rings. The van der Waals surface area contributed by atoms with Crippen LogP contribution in [0.4, 0.5) is 15.9 Å². The smallest absolute Gasteiger partial charge is 0.183 e. The Balaban J connectivity index is 2.12. The van der Waals surface area contributed by atoms with E-state index in [0.29, 0.717) is 16.5 Å². The second-order valence-electron chi connectivity index (χ2n) is 5.23. The fourth-order valence-electron chi connectivity index (χ4n) is 2.15. The number of halogens is 2. The van der Waals surface area contributed by atoms with Gasteiger partial charge in [0, 0.05) is 12.3 Å². The summed E-state index contributed by atoms with van der Waals surface area (Å²) >= 11 is 6.05. The molecule has 0 saturated carbocycles. The minimum Gasteiger partial charge on any atom is -0.281 e. The van der Waals surface area contributed by atoms with E-state index in [1.807, 2.05) is 19.9 Å². The van der Waals surface area contributed by atoms with Crippen LogP contribution in [-0.4, -0.2) is 9.38 Å². The van der Waals surface area contributed by atoms with Crippen LogP contribution in [0.1, 0.15) is 25.5 Å². The summed E-state index contributed by atoms with van der Waals surface area (Å²) in [5.41, 5.74) is 2.02. The van der Waals surface area contributed by atoms with Crippen LogP contribution >= 0.6 is 11.6 Å². The van der Waals surface area contributed by atoms with Crippen molar-refractivity contribution in [3.8, 4) is 0 Å². The first-order chi connectivity index (χ1) is 10.5. The second-order valence-corrected chi connectivity index (χ2v) is 5.67. The molecule has 0 aliphatic heterocycles. The molecule has 0 spiro atoms. The molecule has 0 aliphatic carbocycles. The molecule has 0 saturated heterocycles. The minimum absolute atomic E-state index is 0.181. The summed E-state index contributed by atoms with van der Waals surface area (Å²) < 4.78 is 15.0. The predicted molar refractivity (Wildman–Crippen MR) is 84.9 cm³/mol. The largest absolute Gasteiger partial charge is 0.281 e. The Labute approximate surface area is 132 Å². The van der Waals surface area contributed by atoms with Crippen LogP contribution in [-0.2, 0) is 0 Å². The highest BCUT2D eigenvalue weighted by Crippen LogP contribution is 2.30. The minimum atomic E-state index is -0.346. The Morgan fingerprint density at radius 3 is 2.73 bits per heavy atom. The first kappa shape index (κ1) is 14.7. The lowest BCUT2D eigenvalue weighted by molar-refractivity contribution is 0.628. The summed E-state index contributed by atoms with van der Waals surface area (Å²) in [5, 5.41) is 8.97. The molecule has 3 rings (SSSR count). The van der Waals surface area contributed by atoms with E-state index in [1.165, 1.54) is 12.1 Å². The number of hydrogen-bond acceptors (Lipinski definition) is 3. The number of rotatable bonds is 3. The molecular weight excluding hydrogens is 303 g/mol. The van der Waals surface area contributed by atoms with E-state index in [-0.39, 0.29) is 11.7 Å². The molecule has 2 aromatic heterocycles. The van der Waals surface area contributed by atoms with Gasteiger partial charge >= 0.3 is 0 Å². The molecule has 0 fully saturated rings. The van der Waals surface area contributed by atoms with E-state index in [9.17, 15) is 4.39 Å². The molecule has 0 N–H and O–H groups in total. The molecule has 0 aliphatic rings. The molecule has 1 aromatic carbocycles. The van der Waals surface area contributed by atoms with Gasteiger partial charge < -0.3 is 0 Å². The summed E-state index contributed by atoms with van der Waals surface area (Å²) in [4.78, 5) is 4.56. The van der Waals surface area contributed by atoms with Crippen molar-refractivity contribution in [2.45, 2.75) is 19.8 Å². The average Bonchev–Trinajstić information content (AvgIpc) is 2.83. The molecule has 22 heavy (non-hydrogen) atoms. The zero-order valence-corrected chi connectivity index (χ0v) is 12.9. The molecule has 0 radical (unpaired) electrons. The van der Waals surface area contributed by atoms with E-state index in [2.05, 4.69) is 15.2 Å². The number of hydrogen-bond donors (Lipinski definition) is 0. The van der Waals surface area contributed by atoms with Gasteiger partial charge in [-0.25, -0.2) is 9.37 Å². The van der Waals surface area contributed by atoms with Crippen molar-refractivity contribution in [3.05, 3.63) is 59.1 Å². The fourth-order valence-corrected chi connectivity index (χ4v) is 2.32. The standard InChI is InChI=1S/C16H14ClFN4/c1-10(2)15-16(21-20-13-5-3-4-12(18)8-13)22-9-11(17)6-7-14(22)19-15/h3-10H,1-2H3. The third-order valence-corrected chi connectivity index (χ3v) is 3.42. The van der Waals surface area contributed by atoms with Crippen molar-refractivity contribution in [3.63, 3.8) is 0 Å². The van der Waals surface area contributed by atoms with Crippen molar-refractivity contribution >= 4 is 28.8 Å². The monoisotopic (exact) mass is 316 g/mol. The second kappa shape index (κ2) is 5.85. The summed E-state index contributed by atoms with van der Waals surface area (Å²) in [6.45, 7) is 4.06. The van der Waals surface area contributed by atoms with Gasteiger partial charge in [-0.15, -0.1) is 10.2 Å². The normalized spacial score (nSPS) is 11.9. The van der Waals surface area contributed by atoms with E-state index in [1.54, 1.807) is 28.8 Å². The van der Waals surface area contributed by atoms with Crippen LogP contribution in [0.15, 0.2) is 52.8 Å². The van der Waals surface area contributed by atoms with Gasteiger partial charge in [0.25, 0.3) is 0 Å². The lowest BCUT2D eigenvalue weighted by Crippen LogP contribution is -1.87. The summed E-state index contributed by atoms with van der Waals surface area (Å²) in [5.74, 6) is 0.443. The highest BCUT2D eigenvalue weighted by Gasteiger charge is 2.15. The van der Waals surface area contributed by atoms with Crippen LogP contribution in [0.2, 0.25) is 5.02 Å². The van der Waals surface area contributed by atoms with Crippen molar-refractivity contribution in [1.29, 1.82) is 0 Å². The van der Waals surface area contributed by atoms with Crippen LogP contribution < -0.4 is 0 Å². The fraction of sp³-hybridized carbons (Fsp3) is 0.188. The van der Waals surface area contributed by atoms with Crippen molar-refractivity contribution in [1.82, 2.24) is 9.38 Å².